The first-order valence-corrected chi connectivity index (χ1v) is 6.36. The van der Waals surface area contributed by atoms with Gasteiger partial charge in [-0.2, -0.15) is 0 Å². The molecule has 3 N–H and O–H groups in total. The number of amides is 2. The van der Waals surface area contributed by atoms with Gasteiger partial charge >= 0.3 is 18.0 Å². The lowest BCUT2D eigenvalue weighted by atomic mass is 10.1. The molecule has 1 atom stereocenters. The maximum atomic E-state index is 12.0. The maximum absolute atomic E-state index is 12.0. The van der Waals surface area contributed by atoms with Crippen molar-refractivity contribution in [1.82, 2.24) is 5.32 Å². The number of anilines is 1. The predicted molar refractivity (Wildman–Crippen MR) is 76.4 cm³/mol. The number of benzene rings is 1. The molecule has 0 heterocycles. The molecule has 0 aromatic heterocycles. The number of carboxylic acids is 2. The summed E-state index contributed by atoms with van der Waals surface area (Å²) in [6, 6.07) is 5.33. The van der Waals surface area contributed by atoms with E-state index in [1.807, 2.05) is 13.0 Å². The highest BCUT2D eigenvalue weighted by Gasteiger charge is 2.23. The van der Waals surface area contributed by atoms with Crippen LogP contribution in [-0.2, 0) is 9.59 Å². The topological polar surface area (TPSA) is 107 Å². The van der Waals surface area contributed by atoms with Crippen molar-refractivity contribution in [3.05, 3.63) is 29.8 Å². The van der Waals surface area contributed by atoms with E-state index in [2.05, 4.69) is 5.32 Å². The smallest absolute Gasteiger partial charge is 0.326 e. The van der Waals surface area contributed by atoms with Crippen molar-refractivity contribution in [3.8, 4) is 0 Å². The lowest BCUT2D eigenvalue weighted by molar-refractivity contribution is -0.140. The molecule has 0 saturated carbocycles. The van der Waals surface area contributed by atoms with E-state index in [1.54, 1.807) is 18.2 Å². The molecule has 7 nitrogen and oxygen atoms in total. The fourth-order valence-electron chi connectivity index (χ4n) is 1.72. The number of aliphatic carboxylic acids is 2. The fraction of sp³-hybridized carbons (Fsp3) is 0.357. The molecule has 0 saturated heterocycles. The van der Waals surface area contributed by atoms with Crippen molar-refractivity contribution in [2.75, 3.05) is 11.9 Å². The first-order chi connectivity index (χ1) is 9.81. The highest BCUT2D eigenvalue weighted by molar-refractivity contribution is 5.94. The van der Waals surface area contributed by atoms with Crippen molar-refractivity contribution < 1.29 is 24.6 Å². The number of rotatable bonds is 6. The second-order valence-corrected chi connectivity index (χ2v) is 4.67. The van der Waals surface area contributed by atoms with Gasteiger partial charge < -0.3 is 15.5 Å². The van der Waals surface area contributed by atoms with Crippen LogP contribution in [0.2, 0.25) is 0 Å². The second kappa shape index (κ2) is 7.28. The normalized spacial score (nSPS) is 11.5. The monoisotopic (exact) mass is 294 g/mol. The Morgan fingerprint density at radius 3 is 2.48 bits per heavy atom. The Labute approximate surface area is 122 Å². The molecular weight excluding hydrogens is 276 g/mol. The second-order valence-electron chi connectivity index (χ2n) is 4.67. The molecule has 1 aromatic rings. The van der Waals surface area contributed by atoms with Gasteiger partial charge in [-0.15, -0.1) is 0 Å². The number of carbonyl (C=O) groups is 3. The number of hydrogen-bond donors (Lipinski definition) is 3. The number of urea groups is 1. The number of aryl methyl sites for hydroxylation is 1. The quantitative estimate of drug-likeness (QED) is 0.736. The van der Waals surface area contributed by atoms with Gasteiger partial charge in [-0.1, -0.05) is 12.1 Å². The summed E-state index contributed by atoms with van der Waals surface area (Å²) in [4.78, 5) is 34.8. The van der Waals surface area contributed by atoms with Crippen LogP contribution in [0.3, 0.4) is 0 Å². The maximum Gasteiger partial charge on any atom is 0.326 e. The molecule has 0 spiro atoms. The van der Waals surface area contributed by atoms with E-state index in [0.29, 0.717) is 5.69 Å². The van der Waals surface area contributed by atoms with Crippen LogP contribution in [0.4, 0.5) is 10.5 Å². The highest BCUT2D eigenvalue weighted by Crippen LogP contribution is 2.14. The van der Waals surface area contributed by atoms with Crippen molar-refractivity contribution >= 4 is 23.7 Å². The van der Waals surface area contributed by atoms with Crippen LogP contribution in [0.15, 0.2) is 24.3 Å². The zero-order chi connectivity index (χ0) is 16.0. The van der Waals surface area contributed by atoms with Gasteiger partial charge in [0, 0.05) is 19.2 Å². The summed E-state index contributed by atoms with van der Waals surface area (Å²) in [6.07, 6.45) is -0.497. The first-order valence-electron chi connectivity index (χ1n) is 6.36. The van der Waals surface area contributed by atoms with Gasteiger partial charge in [0.05, 0.1) is 0 Å². The third-order valence-corrected chi connectivity index (χ3v) is 2.94. The van der Waals surface area contributed by atoms with E-state index >= 15 is 0 Å². The van der Waals surface area contributed by atoms with Gasteiger partial charge in [-0.3, -0.25) is 9.69 Å². The molecule has 1 aromatic carbocycles. The molecule has 0 aliphatic heterocycles. The lowest BCUT2D eigenvalue weighted by Crippen LogP contribution is -2.47. The third kappa shape index (κ3) is 5.13. The summed E-state index contributed by atoms with van der Waals surface area (Å²) in [7, 11) is 1.51. The minimum Gasteiger partial charge on any atom is -0.481 e. The van der Waals surface area contributed by atoms with Gasteiger partial charge in [0.1, 0.15) is 6.04 Å². The van der Waals surface area contributed by atoms with E-state index in [-0.39, 0.29) is 12.8 Å². The van der Waals surface area contributed by atoms with E-state index in [0.717, 1.165) is 5.56 Å². The third-order valence-electron chi connectivity index (χ3n) is 2.94. The number of hydrogen-bond acceptors (Lipinski definition) is 3. The average Bonchev–Trinajstić information content (AvgIpc) is 2.41. The van der Waals surface area contributed by atoms with Crippen molar-refractivity contribution in [1.29, 1.82) is 0 Å². The molecule has 2 amide bonds. The molecule has 1 rings (SSSR count). The first kappa shape index (κ1) is 16.5. The fourth-order valence-corrected chi connectivity index (χ4v) is 1.72. The van der Waals surface area contributed by atoms with Gasteiger partial charge in [0.2, 0.25) is 0 Å². The summed E-state index contributed by atoms with van der Waals surface area (Å²) >= 11 is 0. The van der Waals surface area contributed by atoms with Crippen LogP contribution in [0.1, 0.15) is 18.4 Å². The van der Waals surface area contributed by atoms with Crippen LogP contribution >= 0.6 is 0 Å². The SMILES string of the molecule is Cc1cccc(N(C)C(=O)N[C@@H](CCC(=O)O)C(=O)O)c1. The predicted octanol–water partition coefficient (Wildman–Crippen LogP) is 1.46. The van der Waals surface area contributed by atoms with E-state index in [1.165, 1.54) is 11.9 Å². The molecule has 0 aliphatic rings. The van der Waals surface area contributed by atoms with Gasteiger partial charge in [0.15, 0.2) is 0 Å². The summed E-state index contributed by atoms with van der Waals surface area (Å²) in [5, 5.41) is 19.9. The zero-order valence-corrected chi connectivity index (χ0v) is 11.9. The minimum absolute atomic E-state index is 0.169. The molecule has 114 valence electrons. The summed E-state index contributed by atoms with van der Waals surface area (Å²) in [5.41, 5.74) is 1.59. The summed E-state index contributed by atoms with van der Waals surface area (Å²) in [6.45, 7) is 1.88. The lowest BCUT2D eigenvalue weighted by Gasteiger charge is -2.21. The van der Waals surface area contributed by atoms with E-state index in [9.17, 15) is 14.4 Å². The van der Waals surface area contributed by atoms with Crippen LogP contribution in [0.25, 0.3) is 0 Å². The molecule has 0 bridgehead atoms. The Bertz CT molecular complexity index is 544. The van der Waals surface area contributed by atoms with Crippen LogP contribution in [-0.4, -0.2) is 41.3 Å². The summed E-state index contributed by atoms with van der Waals surface area (Å²) in [5.74, 6) is -2.37. The van der Waals surface area contributed by atoms with Crippen molar-refractivity contribution in [2.45, 2.75) is 25.8 Å². The Balaban J connectivity index is 2.72. The Hall–Kier alpha value is -2.57. The van der Waals surface area contributed by atoms with Crippen LogP contribution in [0.5, 0.6) is 0 Å². The molecule has 21 heavy (non-hydrogen) atoms. The number of nitrogens with one attached hydrogen (secondary N) is 1. The van der Waals surface area contributed by atoms with Crippen LogP contribution < -0.4 is 10.2 Å². The Kier molecular flexibility index (Phi) is 5.71. The number of carboxylic acid groups (broad SMARTS) is 2. The standard InChI is InChI=1S/C14H18N2O5/c1-9-4-3-5-10(8-9)16(2)14(21)15-11(13(19)20)6-7-12(17)18/h3-5,8,11H,6-7H2,1-2H3,(H,15,21)(H,17,18)(H,19,20)/t11-/m0/s1. The average molecular weight is 294 g/mol. The molecule has 0 unspecified atom stereocenters. The molecule has 0 fully saturated rings. The van der Waals surface area contributed by atoms with Crippen molar-refractivity contribution in [3.63, 3.8) is 0 Å². The molecule has 0 radical (unpaired) electrons. The molecule has 7 heteroatoms. The summed E-state index contributed by atoms with van der Waals surface area (Å²) < 4.78 is 0. The number of nitrogens with zero attached hydrogens (tertiary/aromatic N) is 1. The molecular formula is C14H18N2O5. The van der Waals surface area contributed by atoms with Gasteiger partial charge in [-0.05, 0) is 31.0 Å². The van der Waals surface area contributed by atoms with Gasteiger partial charge in [0.25, 0.3) is 0 Å². The van der Waals surface area contributed by atoms with Gasteiger partial charge in [-0.25, -0.2) is 9.59 Å². The van der Waals surface area contributed by atoms with Crippen molar-refractivity contribution in [2.24, 2.45) is 0 Å². The molecule has 0 aliphatic carbocycles. The largest absolute Gasteiger partial charge is 0.481 e. The minimum atomic E-state index is -1.26. The Morgan fingerprint density at radius 1 is 1.29 bits per heavy atom. The zero-order valence-electron chi connectivity index (χ0n) is 11.9. The highest BCUT2D eigenvalue weighted by atomic mass is 16.4. The Morgan fingerprint density at radius 2 is 1.95 bits per heavy atom. The van der Waals surface area contributed by atoms with E-state index in [4.69, 9.17) is 10.2 Å². The number of carbonyl (C=O) groups excluding carboxylic acids is 1. The van der Waals surface area contributed by atoms with Crippen LogP contribution in [0, 0.1) is 6.92 Å². The van der Waals surface area contributed by atoms with E-state index < -0.39 is 24.0 Å².